The highest BCUT2D eigenvalue weighted by Crippen LogP contribution is 2.36. The lowest BCUT2D eigenvalue weighted by molar-refractivity contribution is -0.125. The largest absolute Gasteiger partial charge is 0.452 e. The molecule has 0 bridgehead atoms. The second-order valence-electron chi connectivity index (χ2n) is 8.38. The van der Waals surface area contributed by atoms with E-state index in [4.69, 9.17) is 4.74 Å². The summed E-state index contributed by atoms with van der Waals surface area (Å²) < 4.78 is 33.1. The van der Waals surface area contributed by atoms with Gasteiger partial charge in [-0.1, -0.05) is 24.3 Å². The molecule has 2 aromatic rings. The third-order valence-electron chi connectivity index (χ3n) is 4.62. The van der Waals surface area contributed by atoms with Gasteiger partial charge in [-0.2, -0.15) is 0 Å². The smallest absolute Gasteiger partial charge is 0.338 e. The molecular formula is C22H26N2O5S. The zero-order valence-corrected chi connectivity index (χ0v) is 18.3. The maximum Gasteiger partial charge on any atom is 0.338 e. The van der Waals surface area contributed by atoms with Crippen molar-refractivity contribution in [2.75, 3.05) is 10.9 Å². The van der Waals surface area contributed by atoms with Crippen molar-refractivity contribution in [2.45, 2.75) is 50.6 Å². The molecule has 0 saturated carbocycles. The number of hydrogen-bond acceptors (Lipinski definition) is 5. The van der Waals surface area contributed by atoms with Crippen LogP contribution in [-0.2, 0) is 26.0 Å². The second kappa shape index (κ2) is 8.10. The van der Waals surface area contributed by atoms with Crippen molar-refractivity contribution in [3.8, 4) is 0 Å². The van der Waals surface area contributed by atoms with Crippen LogP contribution in [-0.4, -0.2) is 38.5 Å². The average Bonchev–Trinajstić information content (AvgIpc) is 3.01. The van der Waals surface area contributed by atoms with Gasteiger partial charge in [-0.15, -0.1) is 0 Å². The van der Waals surface area contributed by atoms with Gasteiger partial charge in [0.25, 0.3) is 15.9 Å². The standard InChI is InChI=1S/C22H26N2O5S/c1-15-12-16-8-5-6-11-19(16)24(15)30(27,28)18-10-7-9-17(13-18)21(26)29-14-20(25)23-22(2,3)4/h5-11,13,15H,12,14H2,1-4H3,(H,23,25)/t15-/m0/s1. The van der Waals surface area contributed by atoms with Crippen molar-refractivity contribution in [3.63, 3.8) is 0 Å². The third-order valence-corrected chi connectivity index (χ3v) is 6.54. The Bertz CT molecular complexity index is 1070. The lowest BCUT2D eigenvalue weighted by atomic mass is 10.1. The summed E-state index contributed by atoms with van der Waals surface area (Å²) in [5, 5.41) is 2.69. The lowest BCUT2D eigenvalue weighted by Gasteiger charge is -2.24. The van der Waals surface area contributed by atoms with E-state index in [1.54, 1.807) is 12.1 Å². The Morgan fingerprint density at radius 2 is 1.83 bits per heavy atom. The van der Waals surface area contributed by atoms with Crippen LogP contribution in [0.3, 0.4) is 0 Å². The van der Waals surface area contributed by atoms with Gasteiger partial charge in [0.05, 0.1) is 16.1 Å². The number of fused-ring (bicyclic) bond motifs is 1. The number of para-hydroxylation sites is 1. The summed E-state index contributed by atoms with van der Waals surface area (Å²) in [4.78, 5) is 24.2. The van der Waals surface area contributed by atoms with Crippen LogP contribution in [0.25, 0.3) is 0 Å². The van der Waals surface area contributed by atoms with Crippen molar-refractivity contribution < 1.29 is 22.7 Å². The summed E-state index contributed by atoms with van der Waals surface area (Å²) in [5.41, 5.74) is 1.24. The number of esters is 1. The maximum atomic E-state index is 13.3. The van der Waals surface area contributed by atoms with Crippen LogP contribution >= 0.6 is 0 Å². The minimum atomic E-state index is -3.87. The molecule has 2 aromatic carbocycles. The number of anilines is 1. The van der Waals surface area contributed by atoms with Gasteiger partial charge in [0.15, 0.2) is 6.61 Å². The van der Waals surface area contributed by atoms with Gasteiger partial charge in [-0.05, 0) is 63.9 Å². The predicted molar refractivity (Wildman–Crippen MR) is 114 cm³/mol. The molecule has 0 spiro atoms. The van der Waals surface area contributed by atoms with Gasteiger partial charge in [0, 0.05) is 11.6 Å². The Hall–Kier alpha value is -2.87. The highest BCUT2D eigenvalue weighted by molar-refractivity contribution is 7.92. The molecule has 0 aromatic heterocycles. The first kappa shape index (κ1) is 21.8. The zero-order valence-electron chi connectivity index (χ0n) is 17.5. The molecule has 1 amide bonds. The number of amides is 1. The van der Waals surface area contributed by atoms with Crippen LogP contribution in [0.5, 0.6) is 0 Å². The van der Waals surface area contributed by atoms with Crippen molar-refractivity contribution in [1.29, 1.82) is 0 Å². The van der Waals surface area contributed by atoms with Gasteiger partial charge < -0.3 is 10.1 Å². The third kappa shape index (κ3) is 4.64. The lowest BCUT2D eigenvalue weighted by Crippen LogP contribution is -2.42. The number of nitrogens with one attached hydrogen (secondary N) is 1. The van der Waals surface area contributed by atoms with Crippen molar-refractivity contribution in [3.05, 3.63) is 59.7 Å². The summed E-state index contributed by atoms with van der Waals surface area (Å²) in [6.45, 7) is 6.86. The Kier molecular flexibility index (Phi) is 5.90. The number of ether oxygens (including phenoxy) is 1. The average molecular weight is 431 g/mol. The summed E-state index contributed by atoms with van der Waals surface area (Å²) >= 11 is 0. The number of benzene rings is 2. The van der Waals surface area contributed by atoms with E-state index in [9.17, 15) is 18.0 Å². The first-order valence-electron chi connectivity index (χ1n) is 9.69. The minimum absolute atomic E-state index is 0.000328. The van der Waals surface area contributed by atoms with Crippen LogP contribution in [0, 0.1) is 0 Å². The molecule has 7 nitrogen and oxygen atoms in total. The molecule has 160 valence electrons. The highest BCUT2D eigenvalue weighted by atomic mass is 32.2. The topological polar surface area (TPSA) is 92.8 Å². The number of sulfonamides is 1. The monoisotopic (exact) mass is 430 g/mol. The van der Waals surface area contributed by atoms with Crippen molar-refractivity contribution in [2.24, 2.45) is 0 Å². The molecule has 0 saturated heterocycles. The van der Waals surface area contributed by atoms with Gasteiger partial charge in [-0.3, -0.25) is 9.10 Å². The van der Waals surface area contributed by atoms with E-state index in [0.717, 1.165) is 5.56 Å². The molecule has 0 radical (unpaired) electrons. The molecule has 0 fully saturated rings. The summed E-state index contributed by atoms with van der Waals surface area (Å²) in [6, 6.07) is 12.8. The number of carbonyl (C=O) groups is 2. The molecule has 1 atom stereocenters. The number of rotatable bonds is 5. The van der Waals surface area contributed by atoms with Crippen LogP contribution in [0.4, 0.5) is 5.69 Å². The Labute approximate surface area is 177 Å². The maximum absolute atomic E-state index is 13.3. The van der Waals surface area contributed by atoms with Gasteiger partial charge >= 0.3 is 5.97 Å². The molecule has 1 aliphatic rings. The molecule has 1 aliphatic heterocycles. The van der Waals surface area contributed by atoms with E-state index in [-0.39, 0.29) is 16.5 Å². The Morgan fingerprint density at radius 3 is 2.53 bits per heavy atom. The summed E-state index contributed by atoms with van der Waals surface area (Å²) in [7, 11) is -3.87. The molecule has 0 aliphatic carbocycles. The van der Waals surface area contributed by atoms with E-state index in [1.807, 2.05) is 39.8 Å². The van der Waals surface area contributed by atoms with Crippen LogP contribution in [0.2, 0.25) is 0 Å². The van der Waals surface area contributed by atoms with Crippen LogP contribution in [0.1, 0.15) is 43.6 Å². The van der Waals surface area contributed by atoms with E-state index in [0.29, 0.717) is 12.1 Å². The molecule has 1 heterocycles. The first-order valence-corrected chi connectivity index (χ1v) is 11.1. The predicted octanol–water partition coefficient (Wildman–Crippen LogP) is 2.90. The fourth-order valence-corrected chi connectivity index (χ4v) is 5.21. The van der Waals surface area contributed by atoms with Crippen LogP contribution < -0.4 is 9.62 Å². The van der Waals surface area contributed by atoms with E-state index < -0.39 is 34.0 Å². The van der Waals surface area contributed by atoms with Gasteiger partial charge in [-0.25, -0.2) is 13.2 Å². The second-order valence-corrected chi connectivity index (χ2v) is 10.2. The summed E-state index contributed by atoms with van der Waals surface area (Å²) in [6.07, 6.45) is 0.625. The summed E-state index contributed by atoms with van der Waals surface area (Å²) in [5.74, 6) is -1.19. The van der Waals surface area contributed by atoms with Gasteiger partial charge in [0.2, 0.25) is 0 Å². The zero-order chi connectivity index (χ0) is 22.1. The minimum Gasteiger partial charge on any atom is -0.452 e. The van der Waals surface area contributed by atoms with E-state index in [1.165, 1.54) is 28.6 Å². The normalized spacial score (nSPS) is 16.1. The molecule has 8 heteroatoms. The van der Waals surface area contributed by atoms with E-state index >= 15 is 0 Å². The highest BCUT2D eigenvalue weighted by Gasteiger charge is 2.36. The van der Waals surface area contributed by atoms with Crippen molar-refractivity contribution >= 4 is 27.6 Å². The molecule has 1 N–H and O–H groups in total. The fraction of sp³-hybridized carbons (Fsp3) is 0.364. The van der Waals surface area contributed by atoms with Gasteiger partial charge in [0.1, 0.15) is 0 Å². The molecule has 3 rings (SSSR count). The Balaban J connectivity index is 1.80. The first-order chi connectivity index (χ1) is 14.0. The molecule has 0 unspecified atom stereocenters. The SMILES string of the molecule is C[C@H]1Cc2ccccc2N1S(=O)(=O)c1cccc(C(=O)OCC(=O)NC(C)(C)C)c1. The van der Waals surface area contributed by atoms with Crippen molar-refractivity contribution in [1.82, 2.24) is 5.32 Å². The number of hydrogen-bond donors (Lipinski definition) is 1. The number of nitrogens with zero attached hydrogens (tertiary/aromatic N) is 1. The fourth-order valence-electron chi connectivity index (χ4n) is 3.47. The van der Waals surface area contributed by atoms with E-state index in [2.05, 4.69) is 5.32 Å². The molecule has 30 heavy (non-hydrogen) atoms. The molecular weight excluding hydrogens is 404 g/mol. The quantitative estimate of drug-likeness (QED) is 0.737. The Morgan fingerprint density at radius 1 is 1.13 bits per heavy atom. The van der Waals surface area contributed by atoms with Crippen LogP contribution in [0.15, 0.2) is 53.4 Å². The number of carbonyl (C=O) groups excluding carboxylic acids is 2.